The van der Waals surface area contributed by atoms with E-state index in [0.29, 0.717) is 13.1 Å². The minimum absolute atomic E-state index is 0.420. The second kappa shape index (κ2) is 7.63. The topological polar surface area (TPSA) is 32.3 Å². The van der Waals surface area contributed by atoms with E-state index in [1.54, 1.807) is 0 Å². The van der Waals surface area contributed by atoms with Crippen LogP contribution in [0.1, 0.15) is 16.7 Å². The van der Waals surface area contributed by atoms with Gasteiger partial charge < -0.3 is 10.4 Å². The summed E-state index contributed by atoms with van der Waals surface area (Å²) in [6.07, 6.45) is 0. The van der Waals surface area contributed by atoms with Gasteiger partial charge in [-0.1, -0.05) is 84.4 Å². The number of hydrogen-bond acceptors (Lipinski definition) is 2. The van der Waals surface area contributed by atoms with Gasteiger partial charge in [0, 0.05) is 18.1 Å². The molecule has 0 atom stereocenters. The minimum atomic E-state index is -1.07. The number of halogens is 1. The monoisotopic (exact) mass is 337 g/mol. The average molecular weight is 338 g/mol. The minimum Gasteiger partial charge on any atom is -0.379 e. The summed E-state index contributed by atoms with van der Waals surface area (Å²) in [6, 6.07) is 27.2. The molecule has 0 amide bonds. The van der Waals surface area contributed by atoms with Gasteiger partial charge in [-0.25, -0.2) is 0 Å². The van der Waals surface area contributed by atoms with E-state index in [9.17, 15) is 5.11 Å². The molecule has 3 rings (SSSR count). The maximum Gasteiger partial charge on any atom is 0.127 e. The quantitative estimate of drug-likeness (QED) is 0.700. The summed E-state index contributed by atoms with van der Waals surface area (Å²) < 4.78 is 0. The Morgan fingerprint density at radius 2 is 1.25 bits per heavy atom. The zero-order valence-corrected chi connectivity index (χ0v) is 14.1. The summed E-state index contributed by atoms with van der Waals surface area (Å²) in [5.74, 6) is 0. The van der Waals surface area contributed by atoms with Gasteiger partial charge in [0.1, 0.15) is 5.60 Å². The highest BCUT2D eigenvalue weighted by molar-refractivity contribution is 6.30. The second-order valence-electron chi connectivity index (χ2n) is 5.82. The Bertz CT molecular complexity index is 717. The van der Waals surface area contributed by atoms with E-state index in [1.807, 2.05) is 84.9 Å². The van der Waals surface area contributed by atoms with Gasteiger partial charge in [-0.3, -0.25) is 0 Å². The highest BCUT2D eigenvalue weighted by atomic mass is 35.5. The lowest BCUT2D eigenvalue weighted by atomic mass is 9.86. The molecule has 0 heterocycles. The Kier molecular flexibility index (Phi) is 5.31. The SMILES string of the molecule is OC(CNCc1ccc(Cl)cc1)(c1ccccc1)c1ccccc1. The molecular formula is C21H20ClNO. The molecule has 2 nitrogen and oxygen atoms in total. The van der Waals surface area contributed by atoms with E-state index < -0.39 is 5.60 Å². The van der Waals surface area contributed by atoms with Crippen LogP contribution in [0.2, 0.25) is 5.02 Å². The molecule has 3 heteroatoms. The molecule has 0 radical (unpaired) electrons. The molecular weight excluding hydrogens is 318 g/mol. The zero-order valence-electron chi connectivity index (χ0n) is 13.3. The summed E-state index contributed by atoms with van der Waals surface area (Å²) >= 11 is 5.92. The first kappa shape index (κ1) is 16.7. The van der Waals surface area contributed by atoms with Crippen molar-refractivity contribution < 1.29 is 5.11 Å². The molecule has 0 aliphatic carbocycles. The molecule has 0 unspecified atom stereocenters. The van der Waals surface area contributed by atoms with Gasteiger partial charge >= 0.3 is 0 Å². The standard InChI is InChI=1S/C21H20ClNO/c22-20-13-11-17(12-14-20)15-23-16-21(24,18-7-3-1-4-8-18)19-9-5-2-6-10-19/h1-14,23-24H,15-16H2. The van der Waals surface area contributed by atoms with Crippen LogP contribution in [0.3, 0.4) is 0 Å². The van der Waals surface area contributed by atoms with E-state index in [-0.39, 0.29) is 0 Å². The van der Waals surface area contributed by atoms with Crippen LogP contribution in [0.5, 0.6) is 0 Å². The normalized spacial score (nSPS) is 11.4. The smallest absolute Gasteiger partial charge is 0.127 e. The van der Waals surface area contributed by atoms with Crippen molar-refractivity contribution >= 4 is 11.6 Å². The molecule has 3 aromatic rings. The maximum absolute atomic E-state index is 11.4. The zero-order chi connectivity index (χ0) is 16.8. The van der Waals surface area contributed by atoms with Crippen LogP contribution in [0.4, 0.5) is 0 Å². The first-order chi connectivity index (χ1) is 11.7. The van der Waals surface area contributed by atoms with E-state index in [0.717, 1.165) is 21.7 Å². The van der Waals surface area contributed by atoms with E-state index in [1.165, 1.54) is 0 Å². The Morgan fingerprint density at radius 3 is 1.75 bits per heavy atom. The van der Waals surface area contributed by atoms with Gasteiger partial charge in [0.2, 0.25) is 0 Å². The van der Waals surface area contributed by atoms with Gasteiger partial charge in [-0.15, -0.1) is 0 Å². The van der Waals surface area contributed by atoms with E-state index in [4.69, 9.17) is 11.6 Å². The number of benzene rings is 3. The van der Waals surface area contributed by atoms with Crippen LogP contribution in [-0.4, -0.2) is 11.7 Å². The highest BCUT2D eigenvalue weighted by Gasteiger charge is 2.30. The molecule has 0 aliphatic rings. The molecule has 2 N–H and O–H groups in total. The third-order valence-corrected chi connectivity index (χ3v) is 4.38. The molecule has 0 bridgehead atoms. The predicted octanol–water partition coefficient (Wildman–Crippen LogP) is 4.37. The van der Waals surface area contributed by atoms with E-state index >= 15 is 0 Å². The van der Waals surface area contributed by atoms with Crippen LogP contribution in [0.25, 0.3) is 0 Å². The van der Waals surface area contributed by atoms with Crippen molar-refractivity contribution in [2.24, 2.45) is 0 Å². The van der Waals surface area contributed by atoms with Crippen molar-refractivity contribution in [1.29, 1.82) is 0 Å². The van der Waals surface area contributed by atoms with E-state index in [2.05, 4.69) is 5.32 Å². The molecule has 0 fully saturated rings. The summed E-state index contributed by atoms with van der Waals surface area (Å²) in [5, 5.41) is 15.5. The van der Waals surface area contributed by atoms with Gasteiger partial charge in [0.15, 0.2) is 0 Å². The predicted molar refractivity (Wildman–Crippen MR) is 99.0 cm³/mol. The highest BCUT2D eigenvalue weighted by Crippen LogP contribution is 2.28. The van der Waals surface area contributed by atoms with Crippen molar-refractivity contribution in [3.63, 3.8) is 0 Å². The largest absolute Gasteiger partial charge is 0.379 e. The van der Waals surface area contributed by atoms with Crippen LogP contribution in [0, 0.1) is 0 Å². The van der Waals surface area contributed by atoms with Gasteiger partial charge in [0.05, 0.1) is 0 Å². The van der Waals surface area contributed by atoms with Crippen LogP contribution in [0.15, 0.2) is 84.9 Å². The van der Waals surface area contributed by atoms with Crippen molar-refractivity contribution in [3.05, 3.63) is 107 Å². The number of rotatable bonds is 6. The lowest BCUT2D eigenvalue weighted by molar-refractivity contribution is 0.0796. The molecule has 0 saturated heterocycles. The lowest BCUT2D eigenvalue weighted by Gasteiger charge is -2.30. The fourth-order valence-corrected chi connectivity index (χ4v) is 2.91. The van der Waals surface area contributed by atoms with Crippen LogP contribution >= 0.6 is 11.6 Å². The molecule has 0 aliphatic heterocycles. The Balaban J connectivity index is 1.79. The fourth-order valence-electron chi connectivity index (χ4n) is 2.79. The van der Waals surface area contributed by atoms with Crippen molar-refractivity contribution in [3.8, 4) is 0 Å². The maximum atomic E-state index is 11.4. The summed E-state index contributed by atoms with van der Waals surface area (Å²) in [6.45, 7) is 1.09. The average Bonchev–Trinajstić information content (AvgIpc) is 2.65. The molecule has 0 spiro atoms. The lowest BCUT2D eigenvalue weighted by Crippen LogP contribution is -2.39. The molecule has 122 valence electrons. The summed E-state index contributed by atoms with van der Waals surface area (Å²) in [4.78, 5) is 0. The summed E-state index contributed by atoms with van der Waals surface area (Å²) in [7, 11) is 0. The molecule has 3 aromatic carbocycles. The fraction of sp³-hybridized carbons (Fsp3) is 0.143. The second-order valence-corrected chi connectivity index (χ2v) is 6.26. The molecule has 0 saturated carbocycles. The first-order valence-electron chi connectivity index (χ1n) is 7.97. The first-order valence-corrected chi connectivity index (χ1v) is 8.35. The molecule has 24 heavy (non-hydrogen) atoms. The van der Waals surface area contributed by atoms with Crippen molar-refractivity contribution in [1.82, 2.24) is 5.32 Å². The Hall–Kier alpha value is -2.13. The van der Waals surface area contributed by atoms with Gasteiger partial charge in [-0.2, -0.15) is 0 Å². The number of aliphatic hydroxyl groups is 1. The Labute approximate surface area is 147 Å². The Morgan fingerprint density at radius 1 is 0.750 bits per heavy atom. The third-order valence-electron chi connectivity index (χ3n) is 4.13. The third kappa shape index (κ3) is 3.85. The van der Waals surface area contributed by atoms with Crippen LogP contribution in [-0.2, 0) is 12.1 Å². The van der Waals surface area contributed by atoms with Crippen LogP contribution < -0.4 is 5.32 Å². The number of hydrogen-bond donors (Lipinski definition) is 2. The summed E-state index contributed by atoms with van der Waals surface area (Å²) in [5.41, 5.74) is 1.80. The van der Waals surface area contributed by atoms with Gasteiger partial charge in [-0.05, 0) is 28.8 Å². The van der Waals surface area contributed by atoms with Crippen molar-refractivity contribution in [2.75, 3.05) is 6.54 Å². The number of nitrogens with one attached hydrogen (secondary N) is 1. The molecule has 0 aromatic heterocycles. The van der Waals surface area contributed by atoms with Gasteiger partial charge in [0.25, 0.3) is 0 Å². The van der Waals surface area contributed by atoms with Crippen molar-refractivity contribution in [2.45, 2.75) is 12.1 Å².